The van der Waals surface area contributed by atoms with E-state index < -0.39 is 0 Å². The summed E-state index contributed by atoms with van der Waals surface area (Å²) in [5.41, 5.74) is 4.87. The van der Waals surface area contributed by atoms with E-state index in [4.69, 9.17) is 10.8 Å². The van der Waals surface area contributed by atoms with Crippen LogP contribution in [-0.4, -0.2) is 29.2 Å². The van der Waals surface area contributed by atoms with Gasteiger partial charge in [0.25, 0.3) is 0 Å². The molecule has 1 saturated carbocycles. The van der Waals surface area contributed by atoms with Crippen molar-refractivity contribution in [3.63, 3.8) is 0 Å². The molecule has 4 nitrogen and oxygen atoms in total. The second-order valence-corrected chi connectivity index (χ2v) is 5.28. The molecule has 0 spiro atoms. The van der Waals surface area contributed by atoms with Gasteiger partial charge in [-0.25, -0.2) is 0 Å². The van der Waals surface area contributed by atoms with Crippen LogP contribution in [0.3, 0.4) is 0 Å². The Kier molecular flexibility index (Phi) is 2.88. The van der Waals surface area contributed by atoms with Gasteiger partial charge < -0.3 is 10.8 Å². The Morgan fingerprint density at radius 1 is 1.57 bits per heavy atom. The molecule has 0 bridgehead atoms. The summed E-state index contributed by atoms with van der Waals surface area (Å²) in [7, 11) is 0. The number of nitrogens with two attached hydrogens (primary N) is 1. The number of aliphatic hydroxyl groups excluding tert-OH is 1. The van der Waals surface area contributed by atoms with Crippen molar-refractivity contribution in [1.29, 1.82) is 0 Å². The van der Waals surface area contributed by atoms with E-state index in [0.29, 0.717) is 0 Å². The molecule has 4 heteroatoms. The summed E-state index contributed by atoms with van der Waals surface area (Å²) in [5.74, 6) is -0.350. The normalized spacial score (nSPS) is 21.7. The molecule has 0 aliphatic heterocycles. The van der Waals surface area contributed by atoms with Gasteiger partial charge in [-0.2, -0.15) is 0 Å². The lowest BCUT2D eigenvalue weighted by atomic mass is 9.85. The summed E-state index contributed by atoms with van der Waals surface area (Å²) in [4.78, 5) is 11.2. The third-order valence-corrected chi connectivity index (χ3v) is 2.76. The molecule has 1 aliphatic rings. The minimum Gasteiger partial charge on any atom is -0.394 e. The predicted molar refractivity (Wildman–Crippen MR) is 54.6 cm³/mol. The van der Waals surface area contributed by atoms with Crippen LogP contribution in [-0.2, 0) is 4.79 Å². The number of amides is 1. The van der Waals surface area contributed by atoms with Crippen LogP contribution in [0, 0.1) is 5.41 Å². The lowest BCUT2D eigenvalue weighted by Crippen LogP contribution is -2.55. The number of aliphatic hydroxyl groups is 1. The third-order valence-electron chi connectivity index (χ3n) is 2.76. The molecular formula is C10H20N2O2. The molecule has 0 aromatic carbocycles. The quantitative estimate of drug-likeness (QED) is 0.598. The van der Waals surface area contributed by atoms with Gasteiger partial charge in [0, 0.05) is 5.54 Å². The summed E-state index contributed by atoms with van der Waals surface area (Å²) >= 11 is 0. The molecule has 0 unspecified atom stereocenters. The Morgan fingerprint density at radius 2 is 2.07 bits per heavy atom. The fraction of sp³-hybridized carbons (Fsp3) is 0.900. The summed E-state index contributed by atoms with van der Waals surface area (Å²) in [6, 6.07) is -0.378. The number of carbonyl (C=O) groups is 1. The monoisotopic (exact) mass is 200 g/mol. The molecule has 14 heavy (non-hydrogen) atoms. The number of primary amides is 1. The fourth-order valence-electron chi connectivity index (χ4n) is 1.52. The highest BCUT2D eigenvalue weighted by molar-refractivity contribution is 5.80. The first-order chi connectivity index (χ1) is 6.31. The first kappa shape index (κ1) is 11.5. The van der Waals surface area contributed by atoms with Crippen molar-refractivity contribution >= 4 is 5.91 Å². The lowest BCUT2D eigenvalue weighted by Gasteiger charge is -2.32. The fourth-order valence-corrected chi connectivity index (χ4v) is 1.52. The van der Waals surface area contributed by atoms with Gasteiger partial charge >= 0.3 is 0 Å². The Bertz CT molecular complexity index is 229. The van der Waals surface area contributed by atoms with Crippen LogP contribution in [0.5, 0.6) is 0 Å². The van der Waals surface area contributed by atoms with Crippen LogP contribution in [0.25, 0.3) is 0 Å². The Hall–Kier alpha value is -0.610. The van der Waals surface area contributed by atoms with Gasteiger partial charge in [0.15, 0.2) is 0 Å². The van der Waals surface area contributed by atoms with Crippen LogP contribution in [0.2, 0.25) is 0 Å². The van der Waals surface area contributed by atoms with Gasteiger partial charge in [-0.05, 0) is 18.3 Å². The van der Waals surface area contributed by atoms with Crippen molar-refractivity contribution in [1.82, 2.24) is 5.32 Å². The molecule has 1 atom stereocenters. The summed E-state index contributed by atoms with van der Waals surface area (Å²) in [6.07, 6.45) is 1.84. The van der Waals surface area contributed by atoms with Crippen LogP contribution in [0.1, 0.15) is 33.6 Å². The maximum atomic E-state index is 11.2. The van der Waals surface area contributed by atoms with Gasteiger partial charge in [-0.1, -0.05) is 20.8 Å². The van der Waals surface area contributed by atoms with E-state index in [2.05, 4.69) is 5.32 Å². The maximum Gasteiger partial charge on any atom is 0.235 e. The smallest absolute Gasteiger partial charge is 0.235 e. The lowest BCUT2D eigenvalue weighted by molar-refractivity contribution is -0.122. The zero-order valence-corrected chi connectivity index (χ0v) is 9.13. The molecular weight excluding hydrogens is 180 g/mol. The highest BCUT2D eigenvalue weighted by Gasteiger charge is 2.46. The maximum absolute atomic E-state index is 11.2. The molecule has 0 aromatic rings. The highest BCUT2D eigenvalue weighted by Crippen LogP contribution is 2.37. The van der Waals surface area contributed by atoms with Gasteiger partial charge in [0.2, 0.25) is 5.91 Å². The molecule has 1 rings (SSSR count). The number of carbonyl (C=O) groups excluding carboxylic acids is 1. The Labute approximate surface area is 84.9 Å². The van der Waals surface area contributed by atoms with Crippen molar-refractivity contribution in [3.05, 3.63) is 0 Å². The number of hydrogen-bond acceptors (Lipinski definition) is 3. The number of nitrogens with one attached hydrogen (secondary N) is 1. The van der Waals surface area contributed by atoms with Crippen molar-refractivity contribution in [2.75, 3.05) is 6.61 Å². The van der Waals surface area contributed by atoms with E-state index in [1.165, 1.54) is 0 Å². The zero-order chi connectivity index (χ0) is 11.0. The Morgan fingerprint density at radius 3 is 2.29 bits per heavy atom. The molecule has 1 aliphatic carbocycles. The first-order valence-corrected chi connectivity index (χ1v) is 4.99. The largest absolute Gasteiger partial charge is 0.394 e. The van der Waals surface area contributed by atoms with Crippen molar-refractivity contribution in [3.8, 4) is 0 Å². The highest BCUT2D eigenvalue weighted by atomic mass is 16.3. The van der Waals surface area contributed by atoms with Gasteiger partial charge in [0.05, 0.1) is 12.6 Å². The molecule has 0 aromatic heterocycles. The average Bonchev–Trinajstić information content (AvgIpc) is 2.78. The summed E-state index contributed by atoms with van der Waals surface area (Å²) in [6.45, 7) is 5.96. The third kappa shape index (κ3) is 2.45. The van der Waals surface area contributed by atoms with Crippen LogP contribution in [0.4, 0.5) is 0 Å². The zero-order valence-electron chi connectivity index (χ0n) is 9.13. The second kappa shape index (κ2) is 3.51. The minimum atomic E-state index is -0.378. The Balaban J connectivity index is 2.66. The molecule has 0 saturated heterocycles. The summed E-state index contributed by atoms with van der Waals surface area (Å²) in [5, 5.41) is 12.3. The number of hydrogen-bond donors (Lipinski definition) is 3. The van der Waals surface area contributed by atoms with E-state index in [1.807, 2.05) is 20.8 Å². The minimum absolute atomic E-state index is 0.0762. The van der Waals surface area contributed by atoms with Gasteiger partial charge in [-0.15, -0.1) is 0 Å². The number of rotatable bonds is 4. The second-order valence-electron chi connectivity index (χ2n) is 5.28. The first-order valence-electron chi connectivity index (χ1n) is 4.99. The molecule has 4 N–H and O–H groups in total. The standard InChI is InChI=1S/C10H20N2O2/c1-9(2,3)7(8(11)14)12-10(6-13)4-5-10/h7,12-13H,4-6H2,1-3H3,(H2,11,14)/t7-/m1/s1. The van der Waals surface area contributed by atoms with Crippen LogP contribution < -0.4 is 11.1 Å². The molecule has 0 radical (unpaired) electrons. The molecule has 1 fully saturated rings. The van der Waals surface area contributed by atoms with E-state index in [1.54, 1.807) is 0 Å². The average molecular weight is 200 g/mol. The molecule has 0 heterocycles. The van der Waals surface area contributed by atoms with E-state index in [9.17, 15) is 4.79 Å². The van der Waals surface area contributed by atoms with Gasteiger partial charge in [-0.3, -0.25) is 10.1 Å². The van der Waals surface area contributed by atoms with Crippen LogP contribution >= 0.6 is 0 Å². The van der Waals surface area contributed by atoms with E-state index >= 15 is 0 Å². The van der Waals surface area contributed by atoms with Crippen molar-refractivity contribution in [2.24, 2.45) is 11.1 Å². The van der Waals surface area contributed by atoms with E-state index in [-0.39, 0.29) is 29.5 Å². The van der Waals surface area contributed by atoms with Crippen molar-refractivity contribution < 1.29 is 9.90 Å². The van der Waals surface area contributed by atoms with E-state index in [0.717, 1.165) is 12.8 Å². The van der Waals surface area contributed by atoms with Crippen molar-refractivity contribution in [2.45, 2.75) is 45.2 Å². The van der Waals surface area contributed by atoms with Gasteiger partial charge in [0.1, 0.15) is 0 Å². The molecule has 1 amide bonds. The topological polar surface area (TPSA) is 75.3 Å². The van der Waals surface area contributed by atoms with Crippen LogP contribution in [0.15, 0.2) is 0 Å². The molecule has 82 valence electrons. The SMILES string of the molecule is CC(C)(C)[C@H](NC1(CO)CC1)C(N)=O. The summed E-state index contributed by atoms with van der Waals surface area (Å²) < 4.78 is 0. The predicted octanol–water partition coefficient (Wildman–Crippen LogP) is 0.000900.